The third-order valence-electron chi connectivity index (χ3n) is 3.83. The first kappa shape index (κ1) is 20.0. The molecular formula is C22H19N3O3S. The molecule has 0 spiro atoms. The number of nitrogens with zero attached hydrogens (tertiary/aromatic N) is 1. The quantitative estimate of drug-likeness (QED) is 0.358. The number of amides is 2. The molecule has 1 heterocycles. The summed E-state index contributed by atoms with van der Waals surface area (Å²) in [5, 5.41) is 8.53. The summed E-state index contributed by atoms with van der Waals surface area (Å²) in [5.41, 5.74) is 3.77. The molecule has 7 heteroatoms. The molecule has 6 nitrogen and oxygen atoms in total. The number of carbonyl (C=O) groups is 2. The van der Waals surface area contributed by atoms with Crippen LogP contribution in [0.5, 0.6) is 5.75 Å². The van der Waals surface area contributed by atoms with Gasteiger partial charge in [0.05, 0.1) is 13.3 Å². The van der Waals surface area contributed by atoms with Crippen LogP contribution in [0.3, 0.4) is 0 Å². The predicted molar refractivity (Wildman–Crippen MR) is 115 cm³/mol. The van der Waals surface area contributed by atoms with Crippen molar-refractivity contribution in [2.45, 2.75) is 0 Å². The highest BCUT2D eigenvalue weighted by Crippen LogP contribution is 2.13. The number of hydrazone groups is 1. The van der Waals surface area contributed by atoms with Crippen molar-refractivity contribution in [3.05, 3.63) is 93.8 Å². The Labute approximate surface area is 172 Å². The molecule has 3 rings (SSSR count). The van der Waals surface area contributed by atoms with E-state index in [0.29, 0.717) is 11.3 Å². The molecule has 0 radical (unpaired) electrons. The van der Waals surface area contributed by atoms with Crippen LogP contribution in [0, 0.1) is 0 Å². The van der Waals surface area contributed by atoms with Crippen molar-refractivity contribution in [2.24, 2.45) is 5.10 Å². The average molecular weight is 405 g/mol. The van der Waals surface area contributed by atoms with E-state index in [-0.39, 0.29) is 11.6 Å². The van der Waals surface area contributed by atoms with E-state index in [1.807, 2.05) is 41.8 Å². The molecule has 0 aliphatic heterocycles. The summed E-state index contributed by atoms with van der Waals surface area (Å²) in [5.74, 6) is -0.212. The van der Waals surface area contributed by atoms with E-state index in [1.54, 1.807) is 43.5 Å². The first-order valence-electron chi connectivity index (χ1n) is 8.75. The van der Waals surface area contributed by atoms with Gasteiger partial charge in [-0.25, -0.2) is 5.43 Å². The Kier molecular flexibility index (Phi) is 6.91. The molecule has 0 aliphatic carbocycles. The third kappa shape index (κ3) is 5.88. The monoisotopic (exact) mass is 405 g/mol. The smallest absolute Gasteiger partial charge is 0.287 e. The number of ether oxygens (including phenoxy) is 1. The van der Waals surface area contributed by atoms with Crippen LogP contribution in [0.25, 0.3) is 6.08 Å². The van der Waals surface area contributed by atoms with Gasteiger partial charge in [-0.05, 0) is 47.4 Å². The first-order chi connectivity index (χ1) is 14.2. The van der Waals surface area contributed by atoms with Gasteiger partial charge in [-0.1, -0.05) is 36.4 Å². The van der Waals surface area contributed by atoms with Crippen molar-refractivity contribution in [1.82, 2.24) is 10.7 Å². The molecule has 0 unspecified atom stereocenters. The minimum absolute atomic E-state index is 0.101. The molecule has 1 aromatic heterocycles. The van der Waals surface area contributed by atoms with Crippen LogP contribution in [0.1, 0.15) is 20.8 Å². The Balaban J connectivity index is 1.74. The van der Waals surface area contributed by atoms with Gasteiger partial charge in [-0.15, -0.1) is 11.3 Å². The molecule has 0 bridgehead atoms. The zero-order chi connectivity index (χ0) is 20.5. The second-order valence-corrected chi connectivity index (χ2v) is 6.85. The van der Waals surface area contributed by atoms with Crippen molar-refractivity contribution < 1.29 is 14.3 Å². The van der Waals surface area contributed by atoms with E-state index in [1.165, 1.54) is 17.6 Å². The molecule has 2 aromatic carbocycles. The molecule has 0 saturated heterocycles. The Morgan fingerprint density at radius 1 is 1.03 bits per heavy atom. The Bertz CT molecular complexity index is 1030. The number of methoxy groups -OCH3 is 1. The molecule has 0 saturated carbocycles. The average Bonchev–Trinajstić information content (AvgIpc) is 3.27. The van der Waals surface area contributed by atoms with Crippen LogP contribution >= 0.6 is 11.3 Å². The van der Waals surface area contributed by atoms with E-state index in [9.17, 15) is 9.59 Å². The van der Waals surface area contributed by atoms with Crippen LogP contribution in [0.4, 0.5) is 0 Å². The zero-order valence-electron chi connectivity index (χ0n) is 15.7. The second kappa shape index (κ2) is 10.0. The van der Waals surface area contributed by atoms with Gasteiger partial charge in [0.15, 0.2) is 0 Å². The van der Waals surface area contributed by atoms with Crippen molar-refractivity contribution >= 4 is 35.4 Å². The zero-order valence-corrected chi connectivity index (χ0v) is 16.5. The second-order valence-electron chi connectivity index (χ2n) is 5.87. The molecule has 0 fully saturated rings. The molecule has 2 amide bonds. The summed E-state index contributed by atoms with van der Waals surface area (Å²) in [6, 6.07) is 19.7. The highest BCUT2D eigenvalue weighted by atomic mass is 32.1. The minimum atomic E-state index is -0.526. The lowest BCUT2D eigenvalue weighted by atomic mass is 10.2. The largest absolute Gasteiger partial charge is 0.497 e. The Morgan fingerprint density at radius 2 is 1.86 bits per heavy atom. The molecule has 146 valence electrons. The van der Waals surface area contributed by atoms with Crippen LogP contribution in [0.2, 0.25) is 0 Å². The fourth-order valence-corrected chi connectivity index (χ4v) is 3.06. The summed E-state index contributed by atoms with van der Waals surface area (Å²) in [6.07, 6.45) is 3.12. The summed E-state index contributed by atoms with van der Waals surface area (Å²) >= 11 is 1.46. The summed E-state index contributed by atoms with van der Waals surface area (Å²) < 4.78 is 5.16. The summed E-state index contributed by atoms with van der Waals surface area (Å²) in [4.78, 5) is 25.9. The first-order valence-corrected chi connectivity index (χ1v) is 9.63. The van der Waals surface area contributed by atoms with Gasteiger partial charge in [0.1, 0.15) is 11.4 Å². The number of rotatable bonds is 7. The van der Waals surface area contributed by atoms with E-state index < -0.39 is 5.91 Å². The lowest BCUT2D eigenvalue weighted by Crippen LogP contribution is -2.32. The molecule has 0 aliphatic rings. The standard InChI is InChI=1S/C22H19N3O3S/c1-28-18-10-5-7-16(13-18)15-23-25-22(27)20(14-19-11-6-12-29-19)24-21(26)17-8-3-2-4-9-17/h2-15H,1H3,(H,24,26)(H,25,27). The van der Waals surface area contributed by atoms with Crippen LogP contribution in [0.15, 0.2) is 82.9 Å². The number of hydrogen-bond acceptors (Lipinski definition) is 5. The van der Waals surface area contributed by atoms with Crippen LogP contribution in [-0.2, 0) is 4.79 Å². The molecule has 3 aromatic rings. The maximum atomic E-state index is 12.6. The van der Waals surface area contributed by atoms with E-state index >= 15 is 0 Å². The maximum absolute atomic E-state index is 12.6. The van der Waals surface area contributed by atoms with Gasteiger partial charge in [0, 0.05) is 10.4 Å². The van der Waals surface area contributed by atoms with Gasteiger partial charge >= 0.3 is 0 Å². The highest BCUT2D eigenvalue weighted by molar-refractivity contribution is 7.10. The van der Waals surface area contributed by atoms with Crippen LogP contribution < -0.4 is 15.5 Å². The fourth-order valence-electron chi connectivity index (χ4n) is 2.41. The number of nitrogens with one attached hydrogen (secondary N) is 2. The Hall–Kier alpha value is -3.71. The van der Waals surface area contributed by atoms with Gasteiger partial charge in [-0.2, -0.15) is 5.10 Å². The number of benzene rings is 2. The van der Waals surface area contributed by atoms with E-state index in [4.69, 9.17) is 4.74 Å². The molecule has 2 N–H and O–H groups in total. The van der Waals surface area contributed by atoms with Crippen molar-refractivity contribution in [1.29, 1.82) is 0 Å². The van der Waals surface area contributed by atoms with Gasteiger partial charge in [0.25, 0.3) is 11.8 Å². The molecular weight excluding hydrogens is 386 g/mol. The SMILES string of the molecule is COc1cccc(C=NNC(=O)C(=Cc2cccs2)NC(=O)c2ccccc2)c1. The van der Waals surface area contributed by atoms with Gasteiger partial charge in [0.2, 0.25) is 0 Å². The number of hydrogen-bond donors (Lipinski definition) is 2. The third-order valence-corrected chi connectivity index (χ3v) is 4.65. The normalized spacial score (nSPS) is 11.3. The lowest BCUT2D eigenvalue weighted by molar-refractivity contribution is -0.117. The molecule has 0 atom stereocenters. The van der Waals surface area contributed by atoms with Gasteiger partial charge < -0.3 is 10.1 Å². The maximum Gasteiger partial charge on any atom is 0.287 e. The topological polar surface area (TPSA) is 79.8 Å². The number of carbonyl (C=O) groups excluding carboxylic acids is 2. The highest BCUT2D eigenvalue weighted by Gasteiger charge is 2.14. The van der Waals surface area contributed by atoms with Crippen LogP contribution in [-0.4, -0.2) is 25.1 Å². The minimum Gasteiger partial charge on any atom is -0.497 e. The lowest BCUT2D eigenvalue weighted by Gasteiger charge is -2.08. The van der Waals surface area contributed by atoms with Crippen molar-refractivity contribution in [3.8, 4) is 5.75 Å². The summed E-state index contributed by atoms with van der Waals surface area (Å²) in [6.45, 7) is 0. The Morgan fingerprint density at radius 3 is 2.59 bits per heavy atom. The predicted octanol–water partition coefficient (Wildman–Crippen LogP) is 3.68. The van der Waals surface area contributed by atoms with Crippen molar-refractivity contribution in [2.75, 3.05) is 7.11 Å². The van der Waals surface area contributed by atoms with Crippen molar-refractivity contribution in [3.63, 3.8) is 0 Å². The van der Waals surface area contributed by atoms with Gasteiger partial charge in [-0.3, -0.25) is 9.59 Å². The van der Waals surface area contributed by atoms with E-state index in [0.717, 1.165) is 10.4 Å². The summed E-state index contributed by atoms with van der Waals surface area (Å²) in [7, 11) is 1.58. The number of thiophene rings is 1. The fraction of sp³-hybridized carbons (Fsp3) is 0.0455. The molecule has 29 heavy (non-hydrogen) atoms. The van der Waals surface area contributed by atoms with E-state index in [2.05, 4.69) is 15.8 Å².